The van der Waals surface area contributed by atoms with E-state index in [9.17, 15) is 22.4 Å². The molecule has 0 bridgehead atoms. The summed E-state index contributed by atoms with van der Waals surface area (Å²) in [4.78, 5) is 20.0. The fraction of sp³-hybridized carbons (Fsp3) is 0.261. The Morgan fingerprint density at radius 2 is 2.00 bits per heavy atom. The van der Waals surface area contributed by atoms with E-state index in [1.165, 1.54) is 30.1 Å². The maximum atomic E-state index is 13.9. The van der Waals surface area contributed by atoms with Crippen LogP contribution in [0.4, 0.5) is 17.6 Å². The van der Waals surface area contributed by atoms with Crippen LogP contribution < -0.4 is 0 Å². The Morgan fingerprint density at radius 3 is 2.71 bits per heavy atom. The Morgan fingerprint density at radius 1 is 1.20 bits per heavy atom. The lowest BCUT2D eigenvalue weighted by atomic mass is 10.1. The Kier molecular flexibility index (Phi) is 5.91. The first kappa shape index (κ1) is 23.2. The van der Waals surface area contributed by atoms with Crippen molar-refractivity contribution in [3.63, 3.8) is 0 Å². The number of hydrogen-bond donors (Lipinski definition) is 1. The van der Waals surface area contributed by atoms with Crippen LogP contribution in [0.15, 0.2) is 48.0 Å². The lowest BCUT2D eigenvalue weighted by Gasteiger charge is -2.07. The molecular formula is C23H17F4N5O2S. The monoisotopic (exact) mass is 503 g/mol. The zero-order valence-electron chi connectivity index (χ0n) is 18.0. The predicted octanol–water partition coefficient (Wildman–Crippen LogP) is 5.30. The maximum Gasteiger partial charge on any atom is 0.435 e. The number of fused-ring (bicyclic) bond motifs is 1. The Hall–Kier alpha value is -3.54. The van der Waals surface area contributed by atoms with E-state index in [4.69, 9.17) is 5.11 Å². The van der Waals surface area contributed by atoms with Crippen molar-refractivity contribution in [3.8, 4) is 11.1 Å². The normalized spacial score (nSPS) is 13.9. The van der Waals surface area contributed by atoms with Gasteiger partial charge in [0.1, 0.15) is 11.3 Å². The number of aromatic nitrogens is 5. The fourth-order valence-corrected chi connectivity index (χ4v) is 4.53. The van der Waals surface area contributed by atoms with Crippen LogP contribution in [0.3, 0.4) is 0 Å². The van der Waals surface area contributed by atoms with Crippen LogP contribution in [0.1, 0.15) is 35.7 Å². The number of halogens is 4. The second kappa shape index (κ2) is 8.91. The number of carboxylic acid groups (broad SMARTS) is 1. The molecule has 0 atom stereocenters. The lowest BCUT2D eigenvalue weighted by Crippen LogP contribution is -2.08. The molecule has 7 nitrogen and oxygen atoms in total. The number of rotatable bonds is 7. The van der Waals surface area contributed by atoms with E-state index in [0.29, 0.717) is 33.1 Å². The summed E-state index contributed by atoms with van der Waals surface area (Å²) in [6.07, 6.45) is 1.58. The van der Waals surface area contributed by atoms with Gasteiger partial charge in [-0.1, -0.05) is 23.9 Å². The van der Waals surface area contributed by atoms with Crippen LogP contribution in [-0.2, 0) is 23.1 Å². The van der Waals surface area contributed by atoms with Gasteiger partial charge in [0.25, 0.3) is 0 Å². The SMILES string of the molecule is O=C(O)Cc1cc(CSc2ncc3c(n2)c(-c2cnnc(C(F)(F)F)c2)cn3C2CC2)ccc1F. The van der Waals surface area contributed by atoms with E-state index in [1.54, 1.807) is 18.5 Å². The highest BCUT2D eigenvalue weighted by molar-refractivity contribution is 7.98. The highest BCUT2D eigenvalue weighted by atomic mass is 32.2. The summed E-state index contributed by atoms with van der Waals surface area (Å²) in [6.45, 7) is 0. The number of aliphatic carboxylic acids is 1. The minimum atomic E-state index is -4.62. The quantitative estimate of drug-likeness (QED) is 0.208. The van der Waals surface area contributed by atoms with Crippen molar-refractivity contribution in [3.05, 3.63) is 65.5 Å². The molecule has 3 heterocycles. The number of benzene rings is 1. The molecule has 0 spiro atoms. The van der Waals surface area contributed by atoms with Gasteiger partial charge >= 0.3 is 12.1 Å². The molecular weight excluding hydrogens is 486 g/mol. The van der Waals surface area contributed by atoms with E-state index < -0.39 is 30.1 Å². The van der Waals surface area contributed by atoms with Gasteiger partial charge in [0.05, 0.1) is 24.3 Å². The highest BCUT2D eigenvalue weighted by Gasteiger charge is 2.34. The van der Waals surface area contributed by atoms with Crippen LogP contribution in [0.5, 0.6) is 0 Å². The first-order valence-electron chi connectivity index (χ1n) is 10.6. The van der Waals surface area contributed by atoms with Crippen molar-refractivity contribution in [2.24, 2.45) is 0 Å². The van der Waals surface area contributed by atoms with Crippen LogP contribution >= 0.6 is 11.8 Å². The number of thioether (sulfide) groups is 1. The predicted molar refractivity (Wildman–Crippen MR) is 119 cm³/mol. The van der Waals surface area contributed by atoms with Crippen LogP contribution in [0.25, 0.3) is 22.2 Å². The minimum absolute atomic E-state index is 0.0847. The van der Waals surface area contributed by atoms with Gasteiger partial charge in [-0.15, -0.1) is 5.10 Å². The molecule has 1 aliphatic rings. The molecule has 5 rings (SSSR count). The summed E-state index contributed by atoms with van der Waals surface area (Å²) < 4.78 is 55.4. The first-order chi connectivity index (χ1) is 16.7. The number of carbonyl (C=O) groups is 1. The minimum Gasteiger partial charge on any atom is -0.481 e. The Bertz CT molecular complexity index is 1440. The van der Waals surface area contributed by atoms with E-state index in [-0.39, 0.29) is 17.2 Å². The van der Waals surface area contributed by atoms with Crippen LogP contribution in [-0.4, -0.2) is 35.8 Å². The third-order valence-electron chi connectivity index (χ3n) is 5.56. The maximum absolute atomic E-state index is 13.9. The van der Waals surface area contributed by atoms with Gasteiger partial charge < -0.3 is 9.67 Å². The molecule has 1 aromatic carbocycles. The molecule has 1 aliphatic carbocycles. The van der Waals surface area contributed by atoms with Crippen molar-refractivity contribution in [2.45, 2.75) is 42.4 Å². The van der Waals surface area contributed by atoms with Gasteiger partial charge in [0, 0.05) is 29.1 Å². The molecule has 1 saturated carbocycles. The molecule has 1 N–H and O–H groups in total. The Balaban J connectivity index is 1.48. The standard InChI is InChI=1S/C23H17F4N5O2S/c24-17-4-1-12(5-13(17)7-20(33)34)11-35-22-28-9-18-21(30-22)16(10-32(18)15-2-3-15)14-6-19(23(25,26)27)31-29-8-14/h1,4-6,8-10,15H,2-3,7,11H2,(H,33,34). The van der Waals surface area contributed by atoms with Crippen molar-refractivity contribution >= 4 is 28.8 Å². The van der Waals surface area contributed by atoms with Crippen molar-refractivity contribution in [1.29, 1.82) is 0 Å². The number of carboxylic acids is 1. The first-order valence-corrected chi connectivity index (χ1v) is 11.6. The third-order valence-corrected chi connectivity index (χ3v) is 6.50. The fourth-order valence-electron chi connectivity index (χ4n) is 3.77. The zero-order valence-corrected chi connectivity index (χ0v) is 18.8. The molecule has 3 aromatic heterocycles. The van der Waals surface area contributed by atoms with Gasteiger partial charge in [-0.3, -0.25) is 4.79 Å². The molecule has 0 aliphatic heterocycles. The second-order valence-electron chi connectivity index (χ2n) is 8.18. The van der Waals surface area contributed by atoms with E-state index >= 15 is 0 Å². The largest absolute Gasteiger partial charge is 0.481 e. The second-order valence-corrected chi connectivity index (χ2v) is 9.12. The molecule has 0 amide bonds. The van der Waals surface area contributed by atoms with Crippen molar-refractivity contribution < 1.29 is 27.5 Å². The molecule has 0 unspecified atom stereocenters. The summed E-state index contributed by atoms with van der Waals surface area (Å²) in [5.74, 6) is -1.37. The van der Waals surface area contributed by atoms with Gasteiger partial charge in [-0.25, -0.2) is 14.4 Å². The van der Waals surface area contributed by atoms with E-state index in [2.05, 4.69) is 20.2 Å². The van der Waals surface area contributed by atoms with Crippen LogP contribution in [0, 0.1) is 5.82 Å². The molecule has 35 heavy (non-hydrogen) atoms. The summed E-state index contributed by atoms with van der Waals surface area (Å²) in [5.41, 5.74) is 1.66. The van der Waals surface area contributed by atoms with E-state index in [1.807, 2.05) is 4.57 Å². The average molecular weight is 503 g/mol. The van der Waals surface area contributed by atoms with Crippen molar-refractivity contribution in [2.75, 3.05) is 0 Å². The van der Waals surface area contributed by atoms with Crippen molar-refractivity contribution in [1.82, 2.24) is 24.7 Å². The summed E-state index contributed by atoms with van der Waals surface area (Å²) >= 11 is 1.26. The number of nitrogens with zero attached hydrogens (tertiary/aromatic N) is 5. The summed E-state index contributed by atoms with van der Waals surface area (Å²) in [5, 5.41) is 16.1. The molecule has 4 aromatic rings. The number of hydrogen-bond acceptors (Lipinski definition) is 6. The van der Waals surface area contributed by atoms with Gasteiger partial charge in [0.2, 0.25) is 0 Å². The molecule has 1 fully saturated rings. The Labute approximate surface area is 200 Å². The lowest BCUT2D eigenvalue weighted by molar-refractivity contribution is -0.141. The van der Waals surface area contributed by atoms with Gasteiger partial charge in [-0.2, -0.15) is 18.3 Å². The topological polar surface area (TPSA) is 93.8 Å². The van der Waals surface area contributed by atoms with Gasteiger partial charge in [-0.05, 0) is 36.1 Å². The third kappa shape index (κ3) is 4.97. The molecule has 0 saturated heterocycles. The van der Waals surface area contributed by atoms with E-state index in [0.717, 1.165) is 18.9 Å². The zero-order chi connectivity index (χ0) is 24.7. The average Bonchev–Trinajstić information content (AvgIpc) is 3.59. The summed E-state index contributed by atoms with van der Waals surface area (Å²) in [7, 11) is 0. The molecule has 0 radical (unpaired) electrons. The number of alkyl halides is 3. The summed E-state index contributed by atoms with van der Waals surface area (Å²) in [6, 6.07) is 5.47. The smallest absolute Gasteiger partial charge is 0.435 e. The molecule has 12 heteroatoms. The molecule has 180 valence electrons. The van der Waals surface area contributed by atoms with Crippen LogP contribution in [0.2, 0.25) is 0 Å². The van der Waals surface area contributed by atoms with Gasteiger partial charge in [0.15, 0.2) is 10.9 Å². The highest BCUT2D eigenvalue weighted by Crippen LogP contribution is 2.41.